The van der Waals surface area contributed by atoms with Gasteiger partial charge in [-0.2, -0.15) is 0 Å². The van der Waals surface area contributed by atoms with Crippen molar-refractivity contribution < 1.29 is 19.4 Å². The fourth-order valence-electron chi connectivity index (χ4n) is 1.53. The number of halogens is 2. The summed E-state index contributed by atoms with van der Waals surface area (Å²) in [4.78, 5) is 11.7. The topological polar surface area (TPSA) is 69.6 Å². The summed E-state index contributed by atoms with van der Waals surface area (Å²) >= 11 is 5.63. The largest absolute Gasteiger partial charge is 0.394 e. The summed E-state index contributed by atoms with van der Waals surface area (Å²) < 4.78 is 13.0. The summed E-state index contributed by atoms with van der Waals surface area (Å²) in [6.07, 6.45) is 3.09. The number of amides is 1. The number of carbonyl (C=O) groups is 1. The van der Waals surface area contributed by atoms with Crippen molar-refractivity contribution in [2.75, 3.05) is 13.2 Å². The van der Waals surface area contributed by atoms with Crippen molar-refractivity contribution in [3.63, 3.8) is 0 Å². The lowest BCUT2D eigenvalue weighted by molar-refractivity contribution is -0.119. The van der Waals surface area contributed by atoms with Crippen molar-refractivity contribution in [2.24, 2.45) is 0 Å². The summed E-state index contributed by atoms with van der Waals surface area (Å²) in [5.41, 5.74) is -0.469. The van der Waals surface area contributed by atoms with Gasteiger partial charge < -0.3 is 15.5 Å². The molecule has 0 spiro atoms. The molecular weight excluding hydrogens is 285 g/mol. The number of aliphatic hydroxyl groups is 2. The average Bonchev–Trinajstić information content (AvgIpc) is 2.46. The van der Waals surface area contributed by atoms with Gasteiger partial charge in [0.2, 0.25) is 5.91 Å². The molecular formula is C14H17ClFNO3. The fourth-order valence-corrected chi connectivity index (χ4v) is 1.72. The van der Waals surface area contributed by atoms with Crippen LogP contribution in [0.15, 0.2) is 24.3 Å². The fraction of sp³-hybridized carbons (Fsp3) is 0.357. The minimum atomic E-state index is -1.04. The lowest BCUT2D eigenvalue weighted by Gasteiger charge is -2.29. The molecule has 1 aromatic carbocycles. The van der Waals surface area contributed by atoms with Crippen LogP contribution in [0, 0.1) is 5.82 Å². The van der Waals surface area contributed by atoms with Crippen LogP contribution < -0.4 is 5.32 Å². The molecule has 0 atom stereocenters. The molecule has 0 radical (unpaired) electrons. The van der Waals surface area contributed by atoms with Gasteiger partial charge in [-0.05, 0) is 30.2 Å². The van der Waals surface area contributed by atoms with Crippen LogP contribution in [0.2, 0.25) is 5.02 Å². The Labute approximate surface area is 121 Å². The second kappa shape index (κ2) is 7.38. The number of hydrogen-bond donors (Lipinski definition) is 3. The van der Waals surface area contributed by atoms with E-state index in [9.17, 15) is 19.4 Å². The van der Waals surface area contributed by atoms with E-state index in [1.165, 1.54) is 30.4 Å². The van der Waals surface area contributed by atoms with E-state index in [2.05, 4.69) is 5.32 Å². The zero-order valence-corrected chi connectivity index (χ0v) is 11.8. The molecule has 0 heterocycles. The standard InChI is InChI=1S/C14H17ClFNO3/c1-2-14(8-18,9-19)17-13(20)6-4-10-3-5-12(16)11(15)7-10/h3-7,18-19H,2,8-9H2,1H3,(H,17,20)/b6-4+. The Morgan fingerprint density at radius 2 is 2.10 bits per heavy atom. The van der Waals surface area contributed by atoms with E-state index in [0.717, 1.165) is 0 Å². The molecule has 4 nitrogen and oxygen atoms in total. The molecule has 0 aromatic heterocycles. The third kappa shape index (κ3) is 4.30. The summed E-state index contributed by atoms with van der Waals surface area (Å²) in [5, 5.41) is 21.0. The highest BCUT2D eigenvalue weighted by Crippen LogP contribution is 2.17. The van der Waals surface area contributed by atoms with Gasteiger partial charge in [0.1, 0.15) is 5.82 Å². The lowest BCUT2D eigenvalue weighted by atomic mass is 9.98. The molecule has 0 aliphatic carbocycles. The highest BCUT2D eigenvalue weighted by atomic mass is 35.5. The van der Waals surface area contributed by atoms with E-state index >= 15 is 0 Å². The molecule has 0 unspecified atom stereocenters. The van der Waals surface area contributed by atoms with Crippen molar-refractivity contribution in [3.8, 4) is 0 Å². The van der Waals surface area contributed by atoms with Gasteiger partial charge in [0.15, 0.2) is 0 Å². The van der Waals surface area contributed by atoms with Crippen molar-refractivity contribution in [2.45, 2.75) is 18.9 Å². The van der Waals surface area contributed by atoms with E-state index in [0.29, 0.717) is 12.0 Å². The highest BCUT2D eigenvalue weighted by Gasteiger charge is 2.27. The van der Waals surface area contributed by atoms with Crippen LogP contribution in [0.25, 0.3) is 6.08 Å². The maximum Gasteiger partial charge on any atom is 0.244 e. The Bertz CT molecular complexity index is 493. The van der Waals surface area contributed by atoms with Crippen molar-refractivity contribution >= 4 is 23.6 Å². The first-order chi connectivity index (χ1) is 9.46. The van der Waals surface area contributed by atoms with Crippen LogP contribution in [0.4, 0.5) is 4.39 Å². The molecule has 110 valence electrons. The predicted molar refractivity (Wildman–Crippen MR) is 75.8 cm³/mol. The number of rotatable bonds is 6. The second-order valence-corrected chi connectivity index (χ2v) is 4.85. The molecule has 6 heteroatoms. The van der Waals surface area contributed by atoms with E-state index in [4.69, 9.17) is 11.6 Å². The van der Waals surface area contributed by atoms with Crippen molar-refractivity contribution in [1.29, 1.82) is 0 Å². The summed E-state index contributed by atoms with van der Waals surface area (Å²) in [6, 6.07) is 4.08. The number of nitrogens with one attached hydrogen (secondary N) is 1. The quantitative estimate of drug-likeness (QED) is 0.701. The Hall–Kier alpha value is -1.43. The van der Waals surface area contributed by atoms with Crippen molar-refractivity contribution in [3.05, 3.63) is 40.7 Å². The maximum atomic E-state index is 13.0. The third-order valence-electron chi connectivity index (χ3n) is 3.04. The molecule has 1 aromatic rings. The van der Waals surface area contributed by atoms with Gasteiger partial charge in [-0.1, -0.05) is 24.6 Å². The predicted octanol–water partition coefficient (Wildman–Crippen LogP) is 1.74. The van der Waals surface area contributed by atoms with Crippen LogP contribution in [-0.4, -0.2) is 34.9 Å². The van der Waals surface area contributed by atoms with Gasteiger partial charge >= 0.3 is 0 Å². The van der Waals surface area contributed by atoms with E-state index in [1.807, 2.05) is 0 Å². The van der Waals surface area contributed by atoms with Gasteiger partial charge in [-0.25, -0.2) is 4.39 Å². The highest BCUT2D eigenvalue weighted by molar-refractivity contribution is 6.30. The Morgan fingerprint density at radius 1 is 1.45 bits per heavy atom. The molecule has 0 aliphatic heterocycles. The van der Waals surface area contributed by atoms with Crippen LogP contribution in [0.5, 0.6) is 0 Å². The van der Waals surface area contributed by atoms with Gasteiger partial charge in [0.05, 0.1) is 23.8 Å². The monoisotopic (exact) mass is 301 g/mol. The maximum absolute atomic E-state index is 13.0. The molecule has 1 amide bonds. The molecule has 3 N–H and O–H groups in total. The van der Waals surface area contributed by atoms with Crippen LogP contribution in [0.3, 0.4) is 0 Å². The first kappa shape index (κ1) is 16.6. The molecule has 0 saturated heterocycles. The van der Waals surface area contributed by atoms with E-state index in [-0.39, 0.29) is 18.2 Å². The lowest BCUT2D eigenvalue weighted by Crippen LogP contribution is -2.53. The van der Waals surface area contributed by atoms with Crippen LogP contribution in [-0.2, 0) is 4.79 Å². The van der Waals surface area contributed by atoms with Gasteiger partial charge in [-0.3, -0.25) is 4.79 Å². The van der Waals surface area contributed by atoms with Gasteiger partial charge in [0.25, 0.3) is 0 Å². The number of carbonyl (C=O) groups excluding carboxylic acids is 1. The summed E-state index contributed by atoms with van der Waals surface area (Å²) in [7, 11) is 0. The Balaban J connectivity index is 2.74. The van der Waals surface area contributed by atoms with Crippen LogP contribution >= 0.6 is 11.6 Å². The zero-order valence-electron chi connectivity index (χ0n) is 11.1. The van der Waals surface area contributed by atoms with Crippen molar-refractivity contribution in [1.82, 2.24) is 5.32 Å². The smallest absolute Gasteiger partial charge is 0.244 e. The molecule has 0 saturated carbocycles. The Kier molecular flexibility index (Phi) is 6.13. The Morgan fingerprint density at radius 3 is 2.60 bits per heavy atom. The number of benzene rings is 1. The summed E-state index contributed by atoms with van der Waals surface area (Å²) in [5.74, 6) is -0.991. The summed E-state index contributed by atoms with van der Waals surface area (Å²) in [6.45, 7) is 1.03. The third-order valence-corrected chi connectivity index (χ3v) is 3.33. The normalized spacial score (nSPS) is 11.8. The first-order valence-electron chi connectivity index (χ1n) is 6.13. The molecule has 0 aliphatic rings. The average molecular weight is 302 g/mol. The zero-order chi connectivity index (χ0) is 15.2. The SMILES string of the molecule is CCC(CO)(CO)NC(=O)/C=C/c1ccc(F)c(Cl)c1. The van der Waals surface area contributed by atoms with E-state index in [1.54, 1.807) is 6.92 Å². The van der Waals surface area contributed by atoms with Gasteiger partial charge in [0, 0.05) is 6.08 Å². The molecule has 1 rings (SSSR count). The van der Waals surface area contributed by atoms with Crippen LogP contribution in [0.1, 0.15) is 18.9 Å². The second-order valence-electron chi connectivity index (χ2n) is 4.45. The molecule has 0 fully saturated rings. The molecule has 20 heavy (non-hydrogen) atoms. The number of hydrogen-bond acceptors (Lipinski definition) is 3. The minimum Gasteiger partial charge on any atom is -0.394 e. The minimum absolute atomic E-state index is 0.0267. The number of aliphatic hydroxyl groups excluding tert-OH is 2. The van der Waals surface area contributed by atoms with Gasteiger partial charge in [-0.15, -0.1) is 0 Å². The van der Waals surface area contributed by atoms with E-state index < -0.39 is 17.3 Å². The molecule has 0 bridgehead atoms. The first-order valence-corrected chi connectivity index (χ1v) is 6.51.